The van der Waals surface area contributed by atoms with Gasteiger partial charge in [-0.3, -0.25) is 4.79 Å². The number of carbonyl (C=O) groups excluding carboxylic acids is 1. The van der Waals surface area contributed by atoms with Crippen LogP contribution in [-0.2, 0) is 0 Å². The topological polar surface area (TPSA) is 22.0 Å². The number of benzene rings is 2. The van der Waals surface area contributed by atoms with Crippen molar-refractivity contribution in [3.63, 3.8) is 0 Å². The molecule has 3 rings (SSSR count). The molecule has 0 bridgehead atoms. The Kier molecular flexibility index (Phi) is 3.68. The molecule has 0 saturated heterocycles. The molecular formula is C20H19NO. The predicted molar refractivity (Wildman–Crippen MR) is 90.8 cm³/mol. The second-order valence-corrected chi connectivity index (χ2v) is 5.66. The highest BCUT2D eigenvalue weighted by Crippen LogP contribution is 2.29. The van der Waals surface area contributed by atoms with Crippen LogP contribution in [0.5, 0.6) is 0 Å². The summed E-state index contributed by atoms with van der Waals surface area (Å²) in [5, 5.41) is 0. The minimum absolute atomic E-state index is 0.733. The average Bonchev–Trinajstić information content (AvgIpc) is 2.88. The molecule has 2 aromatic carbocycles. The van der Waals surface area contributed by atoms with Crippen LogP contribution in [0.25, 0.3) is 16.9 Å². The minimum atomic E-state index is 0.733. The normalized spacial score (nSPS) is 10.7. The molecule has 1 heterocycles. The molecule has 0 aliphatic rings. The fourth-order valence-corrected chi connectivity index (χ4v) is 2.76. The Hall–Kier alpha value is -2.61. The van der Waals surface area contributed by atoms with E-state index >= 15 is 0 Å². The molecule has 2 heteroatoms. The second-order valence-electron chi connectivity index (χ2n) is 5.66. The smallest absolute Gasteiger partial charge is 0.151 e. The van der Waals surface area contributed by atoms with Gasteiger partial charge in [-0.05, 0) is 55.7 Å². The van der Waals surface area contributed by atoms with E-state index < -0.39 is 0 Å². The van der Waals surface area contributed by atoms with Crippen LogP contribution in [0, 0.1) is 20.8 Å². The highest BCUT2D eigenvalue weighted by Gasteiger charge is 2.14. The minimum Gasteiger partial charge on any atom is -0.313 e. The van der Waals surface area contributed by atoms with E-state index in [-0.39, 0.29) is 0 Å². The number of aryl methyl sites for hydroxylation is 2. The summed E-state index contributed by atoms with van der Waals surface area (Å²) >= 11 is 0. The van der Waals surface area contributed by atoms with Gasteiger partial charge in [0.2, 0.25) is 0 Å². The summed E-state index contributed by atoms with van der Waals surface area (Å²) in [5.41, 5.74) is 7.46. The van der Waals surface area contributed by atoms with Crippen LogP contribution in [0.3, 0.4) is 0 Å². The monoisotopic (exact) mass is 289 g/mol. The van der Waals surface area contributed by atoms with Crippen molar-refractivity contribution in [3.8, 4) is 16.9 Å². The number of hydrogen-bond donors (Lipinski definition) is 0. The summed E-state index contributed by atoms with van der Waals surface area (Å²) in [6, 6.07) is 18.5. The SMILES string of the molecule is Cc1ccc(-n2c(-c3ccccc3)cc(C=O)c2C)cc1C. The Labute approximate surface area is 131 Å². The van der Waals surface area contributed by atoms with Crippen molar-refractivity contribution >= 4 is 6.29 Å². The van der Waals surface area contributed by atoms with Gasteiger partial charge in [0, 0.05) is 16.9 Å². The molecule has 0 aliphatic carbocycles. The fourth-order valence-electron chi connectivity index (χ4n) is 2.76. The van der Waals surface area contributed by atoms with E-state index in [1.54, 1.807) is 0 Å². The molecule has 0 atom stereocenters. The third-order valence-electron chi connectivity index (χ3n) is 4.23. The quantitative estimate of drug-likeness (QED) is 0.630. The first kappa shape index (κ1) is 14.3. The highest BCUT2D eigenvalue weighted by atomic mass is 16.1. The zero-order valence-electron chi connectivity index (χ0n) is 13.1. The van der Waals surface area contributed by atoms with Crippen LogP contribution >= 0.6 is 0 Å². The maximum Gasteiger partial charge on any atom is 0.151 e. The Morgan fingerprint density at radius 2 is 1.59 bits per heavy atom. The summed E-state index contributed by atoms with van der Waals surface area (Å²) in [6.07, 6.45) is 0.930. The van der Waals surface area contributed by atoms with Crippen LogP contribution in [0.2, 0.25) is 0 Å². The number of nitrogens with zero attached hydrogens (tertiary/aromatic N) is 1. The van der Waals surface area contributed by atoms with Gasteiger partial charge in [0.25, 0.3) is 0 Å². The fraction of sp³-hybridized carbons (Fsp3) is 0.150. The van der Waals surface area contributed by atoms with Crippen molar-refractivity contribution in [1.82, 2.24) is 4.57 Å². The summed E-state index contributed by atoms with van der Waals surface area (Å²) in [6.45, 7) is 6.21. The Bertz CT molecular complexity index is 828. The van der Waals surface area contributed by atoms with E-state index in [0.29, 0.717) is 0 Å². The van der Waals surface area contributed by atoms with Gasteiger partial charge in [0.15, 0.2) is 6.29 Å². The third-order valence-corrected chi connectivity index (χ3v) is 4.23. The molecule has 0 spiro atoms. The molecule has 1 aromatic heterocycles. The molecule has 3 aromatic rings. The Morgan fingerprint density at radius 3 is 2.23 bits per heavy atom. The molecule has 0 N–H and O–H groups in total. The first-order valence-corrected chi connectivity index (χ1v) is 7.42. The first-order valence-electron chi connectivity index (χ1n) is 7.42. The van der Waals surface area contributed by atoms with E-state index in [4.69, 9.17) is 0 Å². The van der Waals surface area contributed by atoms with Gasteiger partial charge in [-0.15, -0.1) is 0 Å². The first-order chi connectivity index (χ1) is 10.6. The largest absolute Gasteiger partial charge is 0.313 e. The Balaban J connectivity index is 2.27. The second kappa shape index (κ2) is 5.64. The molecule has 0 radical (unpaired) electrons. The molecule has 0 unspecified atom stereocenters. The summed E-state index contributed by atoms with van der Waals surface area (Å²) in [7, 11) is 0. The third kappa shape index (κ3) is 2.37. The van der Waals surface area contributed by atoms with Crippen molar-refractivity contribution in [2.75, 3.05) is 0 Å². The molecule has 110 valence electrons. The molecule has 22 heavy (non-hydrogen) atoms. The van der Waals surface area contributed by atoms with E-state index in [1.807, 2.05) is 31.2 Å². The van der Waals surface area contributed by atoms with Crippen LogP contribution < -0.4 is 0 Å². The lowest BCUT2D eigenvalue weighted by Crippen LogP contribution is -2.00. The number of aldehydes is 1. The lowest BCUT2D eigenvalue weighted by molar-refractivity contribution is 0.112. The maximum absolute atomic E-state index is 11.4. The van der Waals surface area contributed by atoms with Gasteiger partial charge >= 0.3 is 0 Å². The lowest BCUT2D eigenvalue weighted by Gasteiger charge is -2.14. The number of carbonyl (C=O) groups is 1. The highest BCUT2D eigenvalue weighted by molar-refractivity contribution is 5.82. The van der Waals surface area contributed by atoms with Crippen molar-refractivity contribution in [1.29, 1.82) is 0 Å². The predicted octanol–water partition coefficient (Wildman–Crippen LogP) is 4.88. The van der Waals surface area contributed by atoms with Crippen molar-refractivity contribution < 1.29 is 4.79 Å². The summed E-state index contributed by atoms with van der Waals surface area (Å²) in [4.78, 5) is 11.4. The zero-order chi connectivity index (χ0) is 15.7. The standard InChI is InChI=1S/C20H19NO/c1-14-9-10-19(11-15(14)2)21-16(3)18(13-22)12-20(21)17-7-5-4-6-8-17/h4-13H,1-3H3. The van der Waals surface area contributed by atoms with Gasteiger partial charge < -0.3 is 4.57 Å². The number of aromatic nitrogens is 1. The molecule has 0 amide bonds. The van der Waals surface area contributed by atoms with Crippen molar-refractivity contribution in [2.24, 2.45) is 0 Å². The molecule has 0 fully saturated rings. The molecule has 0 aliphatic heterocycles. The Morgan fingerprint density at radius 1 is 0.864 bits per heavy atom. The van der Waals surface area contributed by atoms with Crippen LogP contribution in [0.15, 0.2) is 54.6 Å². The van der Waals surface area contributed by atoms with Gasteiger partial charge in [0.05, 0.1) is 5.69 Å². The maximum atomic E-state index is 11.4. The molecule has 0 saturated carbocycles. The van der Waals surface area contributed by atoms with Crippen molar-refractivity contribution in [3.05, 3.63) is 77.0 Å². The van der Waals surface area contributed by atoms with Gasteiger partial charge in [-0.1, -0.05) is 36.4 Å². The van der Waals surface area contributed by atoms with E-state index in [0.717, 1.165) is 34.5 Å². The van der Waals surface area contributed by atoms with E-state index in [1.165, 1.54) is 11.1 Å². The van der Waals surface area contributed by atoms with Gasteiger partial charge in [0.1, 0.15) is 0 Å². The summed E-state index contributed by atoms with van der Waals surface area (Å²) < 4.78 is 2.16. The average molecular weight is 289 g/mol. The van der Waals surface area contributed by atoms with E-state index in [9.17, 15) is 4.79 Å². The lowest BCUT2D eigenvalue weighted by atomic mass is 10.1. The number of rotatable bonds is 3. The van der Waals surface area contributed by atoms with Crippen LogP contribution in [0.1, 0.15) is 27.2 Å². The van der Waals surface area contributed by atoms with Gasteiger partial charge in [-0.2, -0.15) is 0 Å². The van der Waals surface area contributed by atoms with Crippen molar-refractivity contribution in [2.45, 2.75) is 20.8 Å². The zero-order valence-corrected chi connectivity index (χ0v) is 13.1. The molecular weight excluding hydrogens is 270 g/mol. The summed E-state index contributed by atoms with van der Waals surface area (Å²) in [5.74, 6) is 0. The van der Waals surface area contributed by atoms with Crippen LogP contribution in [0.4, 0.5) is 0 Å². The van der Waals surface area contributed by atoms with E-state index in [2.05, 4.69) is 48.7 Å². The number of hydrogen-bond acceptors (Lipinski definition) is 1. The van der Waals surface area contributed by atoms with Gasteiger partial charge in [-0.25, -0.2) is 0 Å². The van der Waals surface area contributed by atoms with Crippen LogP contribution in [-0.4, -0.2) is 10.9 Å². The molecule has 2 nitrogen and oxygen atoms in total.